The van der Waals surface area contributed by atoms with Crippen molar-refractivity contribution in [2.75, 3.05) is 0 Å². The van der Waals surface area contributed by atoms with Gasteiger partial charge in [-0.05, 0) is 32.0 Å². The number of aromatic nitrogens is 1. The van der Waals surface area contributed by atoms with E-state index < -0.39 is 5.60 Å². The summed E-state index contributed by atoms with van der Waals surface area (Å²) < 4.78 is 2.01. The van der Waals surface area contributed by atoms with Crippen LogP contribution >= 0.6 is 0 Å². The number of benzene rings is 1. The van der Waals surface area contributed by atoms with Crippen LogP contribution in [0.1, 0.15) is 19.4 Å². The lowest BCUT2D eigenvalue weighted by Crippen LogP contribution is -2.18. The molecule has 78 valence electrons. The zero-order chi connectivity index (χ0) is 10.9. The quantitative estimate of drug-likeness (QED) is 0.794. The maximum Gasteiger partial charge on any atom is 0.0860 e. The summed E-state index contributed by atoms with van der Waals surface area (Å²) in [5.74, 6) is 0. The van der Waals surface area contributed by atoms with Crippen LogP contribution in [0.15, 0.2) is 48.8 Å². The van der Waals surface area contributed by atoms with Gasteiger partial charge in [0.05, 0.1) is 11.3 Å². The molecule has 15 heavy (non-hydrogen) atoms. The first-order valence-corrected chi connectivity index (χ1v) is 5.04. The van der Waals surface area contributed by atoms with E-state index in [4.69, 9.17) is 0 Å². The van der Waals surface area contributed by atoms with E-state index in [1.54, 1.807) is 13.8 Å². The van der Waals surface area contributed by atoms with E-state index in [9.17, 15) is 5.11 Å². The highest BCUT2D eigenvalue weighted by Crippen LogP contribution is 2.26. The fourth-order valence-electron chi connectivity index (χ4n) is 1.71. The number of hydrogen-bond acceptors (Lipinski definition) is 1. The molecule has 0 saturated carbocycles. The summed E-state index contributed by atoms with van der Waals surface area (Å²) in [7, 11) is 0. The molecule has 0 aliphatic carbocycles. The van der Waals surface area contributed by atoms with E-state index in [1.807, 2.05) is 53.4 Å². The van der Waals surface area contributed by atoms with Gasteiger partial charge in [0.1, 0.15) is 0 Å². The van der Waals surface area contributed by atoms with Crippen LogP contribution in [0.4, 0.5) is 0 Å². The van der Waals surface area contributed by atoms with Crippen molar-refractivity contribution >= 4 is 0 Å². The first kappa shape index (κ1) is 9.99. The van der Waals surface area contributed by atoms with Crippen LogP contribution in [0.2, 0.25) is 0 Å². The van der Waals surface area contributed by atoms with Gasteiger partial charge in [0, 0.05) is 18.0 Å². The van der Waals surface area contributed by atoms with E-state index in [-0.39, 0.29) is 0 Å². The Balaban J connectivity index is 2.58. The monoisotopic (exact) mass is 201 g/mol. The third-order valence-corrected chi connectivity index (χ3v) is 2.45. The van der Waals surface area contributed by atoms with E-state index in [2.05, 4.69) is 0 Å². The Hall–Kier alpha value is -1.54. The number of para-hydroxylation sites is 1. The standard InChI is InChI=1S/C13H15NO/c1-13(2,15)11-7-3-4-8-12(11)14-9-5-6-10-14/h3-10,15H,1-2H3. The predicted octanol–water partition coefficient (Wildman–Crippen LogP) is 2.70. The van der Waals surface area contributed by atoms with Crippen molar-refractivity contribution in [1.29, 1.82) is 0 Å². The summed E-state index contributed by atoms with van der Waals surface area (Å²) in [6, 6.07) is 11.8. The smallest absolute Gasteiger partial charge is 0.0860 e. The average molecular weight is 201 g/mol. The third kappa shape index (κ3) is 1.95. The third-order valence-electron chi connectivity index (χ3n) is 2.45. The lowest BCUT2D eigenvalue weighted by atomic mass is 9.96. The van der Waals surface area contributed by atoms with Crippen LogP contribution in [0.25, 0.3) is 5.69 Å². The lowest BCUT2D eigenvalue weighted by Gasteiger charge is -2.21. The van der Waals surface area contributed by atoms with Crippen molar-refractivity contribution in [2.45, 2.75) is 19.4 Å². The molecule has 0 aliphatic rings. The fraction of sp³-hybridized carbons (Fsp3) is 0.231. The van der Waals surface area contributed by atoms with Crippen molar-refractivity contribution in [3.63, 3.8) is 0 Å². The first-order chi connectivity index (χ1) is 7.09. The highest BCUT2D eigenvalue weighted by molar-refractivity contribution is 5.44. The molecule has 0 amide bonds. The van der Waals surface area contributed by atoms with Crippen LogP contribution in [0.3, 0.4) is 0 Å². The minimum Gasteiger partial charge on any atom is -0.386 e. The van der Waals surface area contributed by atoms with Gasteiger partial charge >= 0.3 is 0 Å². The zero-order valence-corrected chi connectivity index (χ0v) is 9.01. The summed E-state index contributed by atoms with van der Waals surface area (Å²) in [5, 5.41) is 10.1. The maximum absolute atomic E-state index is 10.1. The Morgan fingerprint density at radius 2 is 1.60 bits per heavy atom. The molecule has 0 saturated heterocycles. The van der Waals surface area contributed by atoms with Crippen molar-refractivity contribution in [3.8, 4) is 5.69 Å². The number of nitrogens with zero attached hydrogens (tertiary/aromatic N) is 1. The molecule has 1 aromatic heterocycles. The van der Waals surface area contributed by atoms with Gasteiger partial charge in [-0.15, -0.1) is 0 Å². The molecule has 1 heterocycles. The van der Waals surface area contributed by atoms with Gasteiger partial charge in [-0.1, -0.05) is 18.2 Å². The second kappa shape index (κ2) is 3.55. The lowest BCUT2D eigenvalue weighted by molar-refractivity contribution is 0.0785. The molecule has 0 atom stereocenters. The van der Waals surface area contributed by atoms with Gasteiger partial charge in [-0.2, -0.15) is 0 Å². The molecular weight excluding hydrogens is 186 g/mol. The molecule has 0 radical (unpaired) electrons. The highest BCUT2D eigenvalue weighted by Gasteiger charge is 2.19. The van der Waals surface area contributed by atoms with Gasteiger partial charge < -0.3 is 9.67 Å². The second-order valence-electron chi connectivity index (χ2n) is 4.17. The Labute approximate surface area is 89.8 Å². The minimum atomic E-state index is -0.819. The summed E-state index contributed by atoms with van der Waals surface area (Å²) in [6.07, 6.45) is 3.95. The average Bonchev–Trinajstić information content (AvgIpc) is 2.69. The molecule has 0 spiro atoms. The van der Waals surface area contributed by atoms with Gasteiger partial charge in [-0.25, -0.2) is 0 Å². The van der Waals surface area contributed by atoms with Crippen molar-refractivity contribution in [2.24, 2.45) is 0 Å². The summed E-state index contributed by atoms with van der Waals surface area (Å²) in [6.45, 7) is 3.60. The van der Waals surface area contributed by atoms with Gasteiger partial charge in [0.25, 0.3) is 0 Å². The minimum absolute atomic E-state index is 0.819. The molecule has 0 fully saturated rings. The number of rotatable bonds is 2. The largest absolute Gasteiger partial charge is 0.386 e. The SMILES string of the molecule is CC(C)(O)c1ccccc1-n1cccc1. The summed E-state index contributed by atoms with van der Waals surface area (Å²) in [4.78, 5) is 0. The molecule has 2 heteroatoms. The maximum atomic E-state index is 10.1. The summed E-state index contributed by atoms with van der Waals surface area (Å²) in [5.41, 5.74) is 1.14. The Kier molecular flexibility index (Phi) is 2.37. The molecule has 1 aromatic carbocycles. The van der Waals surface area contributed by atoms with Crippen LogP contribution in [0.5, 0.6) is 0 Å². The van der Waals surface area contributed by atoms with E-state index in [0.717, 1.165) is 11.3 Å². The molecular formula is C13H15NO. The van der Waals surface area contributed by atoms with Crippen molar-refractivity contribution < 1.29 is 5.11 Å². The predicted molar refractivity (Wildman–Crippen MR) is 61.0 cm³/mol. The first-order valence-electron chi connectivity index (χ1n) is 5.04. The van der Waals surface area contributed by atoms with E-state index >= 15 is 0 Å². The van der Waals surface area contributed by atoms with Gasteiger partial charge in [-0.3, -0.25) is 0 Å². The Morgan fingerprint density at radius 3 is 2.20 bits per heavy atom. The van der Waals surface area contributed by atoms with Crippen LogP contribution in [-0.4, -0.2) is 9.67 Å². The van der Waals surface area contributed by atoms with E-state index in [1.165, 1.54) is 0 Å². The molecule has 2 aromatic rings. The molecule has 1 N–H and O–H groups in total. The van der Waals surface area contributed by atoms with Crippen LogP contribution < -0.4 is 0 Å². The fourth-order valence-corrected chi connectivity index (χ4v) is 1.71. The Bertz CT molecular complexity index is 438. The number of hydrogen-bond donors (Lipinski definition) is 1. The van der Waals surface area contributed by atoms with Crippen molar-refractivity contribution in [1.82, 2.24) is 4.57 Å². The number of aliphatic hydroxyl groups is 1. The molecule has 0 aliphatic heterocycles. The molecule has 2 nitrogen and oxygen atoms in total. The Morgan fingerprint density at radius 1 is 1.00 bits per heavy atom. The van der Waals surface area contributed by atoms with Gasteiger partial charge in [0.2, 0.25) is 0 Å². The second-order valence-corrected chi connectivity index (χ2v) is 4.17. The van der Waals surface area contributed by atoms with Crippen LogP contribution in [-0.2, 0) is 5.60 Å². The van der Waals surface area contributed by atoms with Crippen LogP contribution in [0, 0.1) is 0 Å². The normalized spacial score (nSPS) is 11.7. The summed E-state index contributed by atoms with van der Waals surface area (Å²) >= 11 is 0. The zero-order valence-electron chi connectivity index (χ0n) is 9.01. The molecule has 2 rings (SSSR count). The molecule has 0 bridgehead atoms. The van der Waals surface area contributed by atoms with Gasteiger partial charge in [0.15, 0.2) is 0 Å². The highest BCUT2D eigenvalue weighted by atomic mass is 16.3. The van der Waals surface area contributed by atoms with E-state index in [0.29, 0.717) is 0 Å². The van der Waals surface area contributed by atoms with Crippen molar-refractivity contribution in [3.05, 3.63) is 54.4 Å². The molecule has 0 unspecified atom stereocenters. The topological polar surface area (TPSA) is 25.2 Å².